The summed E-state index contributed by atoms with van der Waals surface area (Å²) >= 11 is 4.77. The minimum absolute atomic E-state index is 0.117. The lowest BCUT2D eigenvalue weighted by Gasteiger charge is -2.10. The highest BCUT2D eigenvalue weighted by Crippen LogP contribution is 2.27. The van der Waals surface area contributed by atoms with Gasteiger partial charge in [0.1, 0.15) is 5.75 Å². The second kappa shape index (κ2) is 5.57. The first-order chi connectivity index (χ1) is 8.20. The summed E-state index contributed by atoms with van der Waals surface area (Å²) in [6.07, 6.45) is 0.730. The molecule has 1 aromatic carbocycles. The number of benzene rings is 1. The zero-order valence-electron chi connectivity index (χ0n) is 9.26. The summed E-state index contributed by atoms with van der Waals surface area (Å²) in [5.74, 6) is 0.817. The van der Waals surface area contributed by atoms with Gasteiger partial charge in [-0.2, -0.15) is 0 Å². The Hall–Kier alpha value is -0.980. The zero-order chi connectivity index (χ0) is 12.3. The monoisotopic (exact) mass is 313 g/mol. The van der Waals surface area contributed by atoms with E-state index in [2.05, 4.69) is 25.5 Å². The fourth-order valence-electron chi connectivity index (χ4n) is 1.53. The molecule has 6 heteroatoms. The molecule has 0 amide bonds. The van der Waals surface area contributed by atoms with Crippen molar-refractivity contribution in [3.05, 3.63) is 39.3 Å². The molecule has 0 saturated heterocycles. The number of aromatic nitrogens is 2. The molecule has 2 rings (SSSR count). The molecule has 0 saturated carbocycles. The van der Waals surface area contributed by atoms with E-state index in [1.807, 2.05) is 23.6 Å². The van der Waals surface area contributed by atoms with E-state index >= 15 is 0 Å². The Morgan fingerprint density at radius 2 is 2.35 bits per heavy atom. The van der Waals surface area contributed by atoms with Crippen molar-refractivity contribution in [3.63, 3.8) is 0 Å². The molecule has 17 heavy (non-hydrogen) atoms. The Morgan fingerprint density at radius 1 is 1.53 bits per heavy atom. The Balaban J connectivity index is 2.11. The second-order valence-electron chi connectivity index (χ2n) is 3.61. The van der Waals surface area contributed by atoms with Crippen LogP contribution in [-0.4, -0.2) is 16.7 Å². The van der Waals surface area contributed by atoms with Crippen molar-refractivity contribution in [3.8, 4) is 5.75 Å². The fraction of sp³-hybridized carbons (Fsp3) is 0.273. The first-order valence-electron chi connectivity index (χ1n) is 5.05. The van der Waals surface area contributed by atoms with Crippen LogP contribution < -0.4 is 10.5 Å². The van der Waals surface area contributed by atoms with Gasteiger partial charge in [-0.1, -0.05) is 10.6 Å². The van der Waals surface area contributed by atoms with Crippen LogP contribution in [0, 0.1) is 0 Å². The first-order valence-corrected chi connectivity index (χ1v) is 6.68. The smallest absolute Gasteiger partial charge is 0.133 e. The van der Waals surface area contributed by atoms with Crippen molar-refractivity contribution >= 4 is 27.5 Å². The van der Waals surface area contributed by atoms with Gasteiger partial charge < -0.3 is 10.5 Å². The largest absolute Gasteiger partial charge is 0.496 e. The summed E-state index contributed by atoms with van der Waals surface area (Å²) in [7, 11) is 1.65. The van der Waals surface area contributed by atoms with Gasteiger partial charge >= 0.3 is 0 Å². The van der Waals surface area contributed by atoms with Crippen molar-refractivity contribution < 1.29 is 4.74 Å². The van der Waals surface area contributed by atoms with Crippen LogP contribution in [0.1, 0.15) is 17.3 Å². The van der Waals surface area contributed by atoms with E-state index in [9.17, 15) is 0 Å². The van der Waals surface area contributed by atoms with E-state index in [1.54, 1.807) is 7.11 Å². The van der Waals surface area contributed by atoms with E-state index in [0.717, 1.165) is 27.9 Å². The molecular weight excluding hydrogens is 302 g/mol. The summed E-state index contributed by atoms with van der Waals surface area (Å²) in [5.41, 5.74) is 8.02. The number of hydrogen-bond donors (Lipinski definition) is 1. The zero-order valence-corrected chi connectivity index (χ0v) is 11.7. The summed E-state index contributed by atoms with van der Waals surface area (Å²) < 4.78 is 9.92. The van der Waals surface area contributed by atoms with Crippen molar-refractivity contribution in [2.45, 2.75) is 12.5 Å². The van der Waals surface area contributed by atoms with Crippen LogP contribution in [0.5, 0.6) is 5.75 Å². The summed E-state index contributed by atoms with van der Waals surface area (Å²) in [6, 6.07) is 5.82. The molecule has 1 aromatic heterocycles. The highest BCUT2D eigenvalue weighted by Gasteiger charge is 2.11. The van der Waals surface area contributed by atoms with E-state index in [4.69, 9.17) is 10.5 Å². The molecule has 0 fully saturated rings. The van der Waals surface area contributed by atoms with Crippen molar-refractivity contribution in [2.75, 3.05) is 7.11 Å². The number of ether oxygens (including phenoxy) is 1. The molecule has 1 atom stereocenters. The van der Waals surface area contributed by atoms with Crippen molar-refractivity contribution in [2.24, 2.45) is 5.73 Å². The van der Waals surface area contributed by atoms with Crippen molar-refractivity contribution in [1.82, 2.24) is 9.59 Å². The Bertz CT molecular complexity index is 489. The van der Waals surface area contributed by atoms with Crippen LogP contribution in [0.25, 0.3) is 0 Å². The molecule has 1 heterocycles. The van der Waals surface area contributed by atoms with Gasteiger partial charge in [0.05, 0.1) is 23.3 Å². The van der Waals surface area contributed by atoms with Gasteiger partial charge in [0.2, 0.25) is 0 Å². The van der Waals surface area contributed by atoms with Crippen LogP contribution in [0.2, 0.25) is 0 Å². The SMILES string of the molecule is COc1ccc(CC(N)c2csnn2)cc1Br. The molecule has 0 aliphatic rings. The van der Waals surface area contributed by atoms with E-state index < -0.39 is 0 Å². The third-order valence-corrected chi connectivity index (χ3v) is 3.57. The number of methoxy groups -OCH3 is 1. The first kappa shape index (κ1) is 12.5. The quantitative estimate of drug-likeness (QED) is 0.942. The third-order valence-electron chi connectivity index (χ3n) is 2.43. The Kier molecular flexibility index (Phi) is 4.09. The Labute approximate surface area is 112 Å². The number of nitrogens with two attached hydrogens (primary N) is 1. The number of rotatable bonds is 4. The van der Waals surface area contributed by atoms with Crippen molar-refractivity contribution in [1.29, 1.82) is 0 Å². The predicted molar refractivity (Wildman–Crippen MR) is 71.2 cm³/mol. The van der Waals surface area contributed by atoms with E-state index in [1.165, 1.54) is 11.5 Å². The fourth-order valence-corrected chi connectivity index (χ4v) is 2.64. The van der Waals surface area contributed by atoms with E-state index in [0.29, 0.717) is 0 Å². The third kappa shape index (κ3) is 3.02. The van der Waals surface area contributed by atoms with Crippen LogP contribution in [0.4, 0.5) is 0 Å². The summed E-state index contributed by atoms with van der Waals surface area (Å²) in [6.45, 7) is 0. The minimum Gasteiger partial charge on any atom is -0.496 e. The molecule has 2 aromatic rings. The molecule has 0 radical (unpaired) electrons. The lowest BCUT2D eigenvalue weighted by atomic mass is 10.0. The van der Waals surface area contributed by atoms with Gasteiger partial charge in [-0.05, 0) is 51.6 Å². The average molecular weight is 314 g/mol. The van der Waals surface area contributed by atoms with Crippen LogP contribution >= 0.6 is 27.5 Å². The van der Waals surface area contributed by atoms with Gasteiger partial charge in [0.15, 0.2) is 0 Å². The van der Waals surface area contributed by atoms with Gasteiger partial charge in [-0.3, -0.25) is 0 Å². The molecule has 4 nitrogen and oxygen atoms in total. The maximum absolute atomic E-state index is 6.05. The number of nitrogens with zero attached hydrogens (tertiary/aromatic N) is 2. The highest BCUT2D eigenvalue weighted by atomic mass is 79.9. The maximum Gasteiger partial charge on any atom is 0.133 e. The van der Waals surface area contributed by atoms with Gasteiger partial charge in [-0.25, -0.2) is 0 Å². The Morgan fingerprint density at radius 3 is 2.94 bits per heavy atom. The number of hydrogen-bond acceptors (Lipinski definition) is 5. The lowest BCUT2D eigenvalue weighted by molar-refractivity contribution is 0.412. The summed E-state index contributed by atoms with van der Waals surface area (Å²) in [4.78, 5) is 0. The second-order valence-corrected chi connectivity index (χ2v) is 5.07. The molecule has 0 aliphatic carbocycles. The maximum atomic E-state index is 6.05. The summed E-state index contributed by atoms with van der Waals surface area (Å²) in [5, 5.41) is 5.85. The highest BCUT2D eigenvalue weighted by molar-refractivity contribution is 9.10. The van der Waals surface area contributed by atoms with Crippen LogP contribution in [0.3, 0.4) is 0 Å². The molecule has 90 valence electrons. The van der Waals surface area contributed by atoms with Crippen LogP contribution in [0.15, 0.2) is 28.1 Å². The molecule has 0 spiro atoms. The predicted octanol–water partition coefficient (Wildman–Crippen LogP) is 2.55. The topological polar surface area (TPSA) is 61.0 Å². The van der Waals surface area contributed by atoms with Gasteiger partial charge in [0.25, 0.3) is 0 Å². The van der Waals surface area contributed by atoms with Gasteiger partial charge in [0, 0.05) is 5.38 Å². The molecule has 0 bridgehead atoms. The van der Waals surface area contributed by atoms with Crippen LogP contribution in [-0.2, 0) is 6.42 Å². The number of halogens is 1. The minimum atomic E-state index is -0.117. The molecule has 2 N–H and O–H groups in total. The molecular formula is C11H12BrN3OS. The molecule has 1 unspecified atom stereocenters. The van der Waals surface area contributed by atoms with E-state index in [-0.39, 0.29) is 6.04 Å². The standard InChI is InChI=1S/C11H12BrN3OS/c1-16-11-3-2-7(4-8(11)12)5-9(13)10-6-17-15-14-10/h2-4,6,9H,5,13H2,1H3. The molecule has 0 aliphatic heterocycles. The lowest BCUT2D eigenvalue weighted by Crippen LogP contribution is -2.13. The normalized spacial score (nSPS) is 12.4. The van der Waals surface area contributed by atoms with Gasteiger partial charge in [-0.15, -0.1) is 5.10 Å². The average Bonchev–Trinajstić information content (AvgIpc) is 2.82.